The zero-order valence-electron chi connectivity index (χ0n) is 12.0. The van der Waals surface area contributed by atoms with Crippen molar-refractivity contribution in [3.8, 4) is 6.07 Å². The third-order valence-corrected chi connectivity index (χ3v) is 4.09. The average molecular weight is 258 g/mol. The van der Waals surface area contributed by atoms with Crippen LogP contribution in [-0.4, -0.2) is 24.1 Å². The molecule has 0 saturated heterocycles. The highest BCUT2D eigenvalue weighted by atomic mass is 15.1. The Bertz CT molecular complexity index is 496. The maximum absolute atomic E-state index is 9.34. The number of hydrogen-bond acceptors (Lipinski definition) is 4. The molecule has 0 atom stereocenters. The number of anilines is 1. The highest BCUT2D eigenvalue weighted by Crippen LogP contribution is 2.29. The molecule has 1 aliphatic rings. The van der Waals surface area contributed by atoms with Crippen LogP contribution in [0.3, 0.4) is 0 Å². The Balaban J connectivity index is 2.28. The van der Waals surface area contributed by atoms with Crippen molar-refractivity contribution in [2.24, 2.45) is 5.73 Å². The Hall–Kier alpha value is -1.60. The molecule has 2 rings (SSSR count). The lowest BCUT2D eigenvalue weighted by molar-refractivity contribution is 0.385. The second-order valence-electron chi connectivity index (χ2n) is 5.53. The van der Waals surface area contributed by atoms with Crippen LogP contribution in [0.1, 0.15) is 42.6 Å². The Morgan fingerprint density at radius 1 is 1.32 bits per heavy atom. The highest BCUT2D eigenvalue weighted by Gasteiger charge is 2.24. The van der Waals surface area contributed by atoms with Crippen molar-refractivity contribution in [3.63, 3.8) is 0 Å². The van der Waals surface area contributed by atoms with Crippen molar-refractivity contribution >= 4 is 5.69 Å². The molecule has 0 unspecified atom stereocenters. The second-order valence-corrected chi connectivity index (χ2v) is 5.53. The van der Waals surface area contributed by atoms with E-state index in [-0.39, 0.29) is 0 Å². The van der Waals surface area contributed by atoms with Gasteiger partial charge in [0.25, 0.3) is 0 Å². The number of nitrogens with zero attached hydrogens (tertiary/aromatic N) is 3. The van der Waals surface area contributed by atoms with Gasteiger partial charge in [-0.1, -0.05) is 0 Å². The van der Waals surface area contributed by atoms with E-state index in [9.17, 15) is 5.26 Å². The van der Waals surface area contributed by atoms with E-state index in [1.165, 1.54) is 0 Å². The summed E-state index contributed by atoms with van der Waals surface area (Å²) in [7, 11) is 2.08. The number of nitriles is 1. The fraction of sp³-hybridized carbons (Fsp3) is 0.600. The molecule has 0 spiro atoms. The summed E-state index contributed by atoms with van der Waals surface area (Å²) in [6.07, 6.45) is 4.34. The van der Waals surface area contributed by atoms with Gasteiger partial charge in [-0.05, 0) is 45.6 Å². The molecule has 2 N–H and O–H groups in total. The number of rotatable bonds is 2. The normalized spacial score (nSPS) is 22.9. The summed E-state index contributed by atoms with van der Waals surface area (Å²) in [6, 6.07) is 5.13. The molecule has 1 aliphatic carbocycles. The van der Waals surface area contributed by atoms with Crippen LogP contribution in [0.25, 0.3) is 0 Å². The van der Waals surface area contributed by atoms with Crippen molar-refractivity contribution < 1.29 is 0 Å². The quantitative estimate of drug-likeness (QED) is 0.883. The Morgan fingerprint density at radius 3 is 2.53 bits per heavy atom. The third-order valence-electron chi connectivity index (χ3n) is 4.09. The van der Waals surface area contributed by atoms with Gasteiger partial charge in [0.1, 0.15) is 6.07 Å². The predicted octanol–water partition coefficient (Wildman–Crippen LogP) is 2.28. The minimum absolute atomic E-state index is 0.348. The largest absolute Gasteiger partial charge is 0.370 e. The first-order valence-electron chi connectivity index (χ1n) is 6.89. The van der Waals surface area contributed by atoms with Crippen LogP contribution in [-0.2, 0) is 0 Å². The zero-order chi connectivity index (χ0) is 14.0. The molecule has 0 bridgehead atoms. The number of pyridine rings is 1. The highest BCUT2D eigenvalue weighted by molar-refractivity contribution is 5.61. The van der Waals surface area contributed by atoms with Crippen LogP contribution in [0.15, 0.2) is 6.07 Å². The van der Waals surface area contributed by atoms with Gasteiger partial charge in [0.2, 0.25) is 0 Å². The van der Waals surface area contributed by atoms with Gasteiger partial charge in [0.15, 0.2) is 0 Å². The first-order valence-corrected chi connectivity index (χ1v) is 6.89. The van der Waals surface area contributed by atoms with Crippen LogP contribution >= 0.6 is 0 Å². The fourth-order valence-electron chi connectivity index (χ4n) is 2.91. The van der Waals surface area contributed by atoms with Crippen molar-refractivity contribution in [2.45, 2.75) is 51.6 Å². The molecule has 0 amide bonds. The van der Waals surface area contributed by atoms with E-state index in [4.69, 9.17) is 5.73 Å². The molecule has 19 heavy (non-hydrogen) atoms. The summed E-state index contributed by atoms with van der Waals surface area (Å²) in [5, 5.41) is 9.34. The SMILES string of the molecule is Cc1cc(N(C)C2CCC(N)CC2)c(C#N)c(C)n1. The van der Waals surface area contributed by atoms with Crippen LogP contribution in [0, 0.1) is 25.2 Å². The van der Waals surface area contributed by atoms with Gasteiger partial charge in [0, 0.05) is 24.8 Å². The number of aromatic nitrogens is 1. The molecule has 4 heteroatoms. The average Bonchev–Trinajstić information content (AvgIpc) is 2.38. The van der Waals surface area contributed by atoms with E-state index in [0.717, 1.165) is 42.8 Å². The fourth-order valence-corrected chi connectivity index (χ4v) is 2.91. The van der Waals surface area contributed by atoms with Crippen LogP contribution < -0.4 is 10.6 Å². The lowest BCUT2D eigenvalue weighted by Gasteiger charge is -2.35. The molecular formula is C15H22N4. The van der Waals surface area contributed by atoms with E-state index in [0.29, 0.717) is 17.6 Å². The van der Waals surface area contributed by atoms with Gasteiger partial charge >= 0.3 is 0 Å². The molecule has 1 saturated carbocycles. The van der Waals surface area contributed by atoms with Gasteiger partial charge in [0.05, 0.1) is 16.9 Å². The smallest absolute Gasteiger partial charge is 0.103 e. The predicted molar refractivity (Wildman–Crippen MR) is 77.1 cm³/mol. The van der Waals surface area contributed by atoms with Crippen molar-refractivity contribution in [1.29, 1.82) is 5.26 Å². The van der Waals surface area contributed by atoms with Crippen molar-refractivity contribution in [1.82, 2.24) is 4.98 Å². The van der Waals surface area contributed by atoms with Crippen LogP contribution in [0.2, 0.25) is 0 Å². The molecule has 4 nitrogen and oxygen atoms in total. The maximum atomic E-state index is 9.34. The Kier molecular flexibility index (Phi) is 4.06. The Labute approximate surface area is 115 Å². The number of hydrogen-bond donors (Lipinski definition) is 1. The second kappa shape index (κ2) is 5.58. The molecule has 1 heterocycles. The third kappa shape index (κ3) is 2.87. The van der Waals surface area contributed by atoms with E-state index in [2.05, 4.69) is 23.0 Å². The summed E-state index contributed by atoms with van der Waals surface area (Å²) in [4.78, 5) is 6.62. The lowest BCUT2D eigenvalue weighted by atomic mass is 9.90. The van der Waals surface area contributed by atoms with E-state index >= 15 is 0 Å². The van der Waals surface area contributed by atoms with E-state index < -0.39 is 0 Å². The van der Waals surface area contributed by atoms with E-state index in [1.54, 1.807) is 0 Å². The molecule has 0 aromatic carbocycles. The minimum Gasteiger partial charge on any atom is -0.370 e. The standard InChI is InChI=1S/C15H22N4/c1-10-8-15(14(9-16)11(2)18-10)19(3)13-6-4-12(17)5-7-13/h8,12-13H,4-7,17H2,1-3H3. The van der Waals surface area contributed by atoms with Gasteiger partial charge in [-0.25, -0.2) is 0 Å². The molecule has 1 aromatic rings. The maximum Gasteiger partial charge on any atom is 0.103 e. The molecule has 0 aliphatic heterocycles. The molecule has 102 valence electrons. The lowest BCUT2D eigenvalue weighted by Crippen LogP contribution is -2.39. The van der Waals surface area contributed by atoms with Gasteiger partial charge < -0.3 is 10.6 Å². The number of nitrogens with two attached hydrogens (primary N) is 1. The van der Waals surface area contributed by atoms with Crippen molar-refractivity contribution in [2.75, 3.05) is 11.9 Å². The van der Waals surface area contributed by atoms with Gasteiger partial charge in [-0.3, -0.25) is 4.98 Å². The molecule has 1 aromatic heterocycles. The minimum atomic E-state index is 0.348. The number of aryl methyl sites for hydroxylation is 2. The van der Waals surface area contributed by atoms with Gasteiger partial charge in [-0.2, -0.15) is 5.26 Å². The zero-order valence-corrected chi connectivity index (χ0v) is 12.0. The molecular weight excluding hydrogens is 236 g/mol. The first kappa shape index (κ1) is 13.8. The van der Waals surface area contributed by atoms with Crippen LogP contribution in [0.5, 0.6) is 0 Å². The topological polar surface area (TPSA) is 65.9 Å². The molecule has 0 radical (unpaired) electrons. The summed E-state index contributed by atoms with van der Waals surface area (Å²) >= 11 is 0. The monoisotopic (exact) mass is 258 g/mol. The first-order chi connectivity index (χ1) is 9.02. The van der Waals surface area contributed by atoms with Crippen LogP contribution in [0.4, 0.5) is 5.69 Å². The van der Waals surface area contributed by atoms with E-state index in [1.807, 2.05) is 19.9 Å². The summed E-state index contributed by atoms with van der Waals surface area (Å²) in [5.41, 5.74) is 9.44. The summed E-state index contributed by atoms with van der Waals surface area (Å²) in [5.74, 6) is 0. The summed E-state index contributed by atoms with van der Waals surface area (Å²) < 4.78 is 0. The Morgan fingerprint density at radius 2 is 1.95 bits per heavy atom. The summed E-state index contributed by atoms with van der Waals surface area (Å²) in [6.45, 7) is 3.88. The molecule has 1 fully saturated rings. The van der Waals surface area contributed by atoms with Gasteiger partial charge in [-0.15, -0.1) is 0 Å². The van der Waals surface area contributed by atoms with Crippen molar-refractivity contribution in [3.05, 3.63) is 23.0 Å².